The number of rotatable bonds is 0. The van der Waals surface area contributed by atoms with Crippen LogP contribution >= 0.6 is 0 Å². The molecule has 1 aromatic carbocycles. The van der Waals surface area contributed by atoms with E-state index in [0.717, 1.165) is 10.9 Å². The minimum Gasteiger partial charge on any atom is -0.423 e. The van der Waals surface area contributed by atoms with Crippen LogP contribution in [0.5, 0.6) is 0 Å². The minimum absolute atomic E-state index is 0.384. The summed E-state index contributed by atoms with van der Waals surface area (Å²) in [5.74, 6) is 0. The molecule has 0 spiro atoms. The van der Waals surface area contributed by atoms with Crippen LogP contribution in [0.2, 0.25) is 0 Å². The average Bonchev–Trinajstić information content (AvgIpc) is 2.16. The summed E-state index contributed by atoms with van der Waals surface area (Å²) in [5, 5.41) is 9.53. The Kier molecular flexibility index (Phi) is 1.83. The van der Waals surface area contributed by atoms with E-state index in [4.69, 9.17) is 9.68 Å². The molecular weight excluding hydrogens is 178 g/mol. The second-order valence-electron chi connectivity index (χ2n) is 3.07. The molecule has 0 saturated heterocycles. The molecule has 0 saturated carbocycles. The van der Waals surface area contributed by atoms with Gasteiger partial charge in [0.05, 0.1) is 11.6 Å². The number of fused-ring (bicyclic) bond motifs is 1. The quantitative estimate of drug-likeness (QED) is 0.589. The second kappa shape index (κ2) is 3.00. The van der Waals surface area contributed by atoms with Gasteiger partial charge in [0.25, 0.3) is 0 Å². The summed E-state index contributed by atoms with van der Waals surface area (Å²) in [6, 6.07) is 8.50. The molecule has 0 aliphatic carbocycles. The number of benzene rings is 1. The van der Waals surface area contributed by atoms with Gasteiger partial charge in [-0.2, -0.15) is 5.26 Å². The lowest BCUT2D eigenvalue weighted by molar-refractivity contribution is 0.560. The van der Waals surface area contributed by atoms with E-state index in [2.05, 4.69) is 0 Å². The molecule has 3 nitrogen and oxygen atoms in total. The lowest BCUT2D eigenvalue weighted by atomic mass is 10.1. The molecule has 3 heteroatoms. The monoisotopic (exact) mass is 185 g/mol. The van der Waals surface area contributed by atoms with Gasteiger partial charge in [0.2, 0.25) is 0 Å². The van der Waals surface area contributed by atoms with Gasteiger partial charge in [0.15, 0.2) is 0 Å². The fourth-order valence-electron chi connectivity index (χ4n) is 1.39. The molecule has 2 rings (SSSR count). The zero-order valence-electron chi connectivity index (χ0n) is 7.57. The Morgan fingerprint density at radius 2 is 2.14 bits per heavy atom. The Hall–Kier alpha value is -2.08. The van der Waals surface area contributed by atoms with E-state index in [0.29, 0.717) is 11.1 Å². The molecule has 1 heterocycles. The number of aryl methyl sites for hydroxylation is 1. The van der Waals surface area contributed by atoms with Crippen molar-refractivity contribution in [2.24, 2.45) is 0 Å². The topological polar surface area (TPSA) is 54.0 Å². The van der Waals surface area contributed by atoms with Crippen LogP contribution < -0.4 is 5.63 Å². The summed E-state index contributed by atoms with van der Waals surface area (Å²) in [7, 11) is 0. The third-order valence-electron chi connectivity index (χ3n) is 2.08. The summed E-state index contributed by atoms with van der Waals surface area (Å²) in [5.41, 5.74) is 1.44. The van der Waals surface area contributed by atoms with Crippen LogP contribution in [0.4, 0.5) is 0 Å². The maximum absolute atomic E-state index is 11.1. The largest absolute Gasteiger partial charge is 0.423 e. The summed E-state index contributed by atoms with van der Waals surface area (Å²) < 4.78 is 4.98. The molecule has 2 aromatic rings. The standard InChI is InChI=1S/C11H7NO2/c1-7-4-11(13)14-10-5-8(6-12)2-3-9(7)10/h2-5H,1H3. The van der Waals surface area contributed by atoms with Gasteiger partial charge in [-0.1, -0.05) is 0 Å². The van der Waals surface area contributed by atoms with Crippen LogP contribution in [0.25, 0.3) is 11.0 Å². The normalized spacial score (nSPS) is 10.0. The van der Waals surface area contributed by atoms with Crippen molar-refractivity contribution in [3.05, 3.63) is 45.8 Å². The number of hydrogen-bond acceptors (Lipinski definition) is 3. The minimum atomic E-state index is -0.384. The molecule has 0 bridgehead atoms. The van der Waals surface area contributed by atoms with Crippen LogP contribution in [-0.4, -0.2) is 0 Å². The summed E-state index contributed by atoms with van der Waals surface area (Å²) in [4.78, 5) is 11.1. The van der Waals surface area contributed by atoms with Gasteiger partial charge in [-0.05, 0) is 30.7 Å². The molecule has 0 fully saturated rings. The molecule has 0 aliphatic rings. The summed E-state index contributed by atoms with van der Waals surface area (Å²) in [6.07, 6.45) is 0. The highest BCUT2D eigenvalue weighted by atomic mass is 16.4. The van der Waals surface area contributed by atoms with Crippen molar-refractivity contribution in [2.45, 2.75) is 6.92 Å². The van der Waals surface area contributed by atoms with Crippen molar-refractivity contribution in [3.63, 3.8) is 0 Å². The average molecular weight is 185 g/mol. The summed E-state index contributed by atoms with van der Waals surface area (Å²) >= 11 is 0. The molecule has 0 amide bonds. The van der Waals surface area contributed by atoms with E-state index in [-0.39, 0.29) is 5.63 Å². The highest BCUT2D eigenvalue weighted by Gasteiger charge is 2.02. The maximum atomic E-state index is 11.1. The lowest BCUT2D eigenvalue weighted by Crippen LogP contribution is -1.97. The van der Waals surface area contributed by atoms with Gasteiger partial charge in [-0.25, -0.2) is 4.79 Å². The van der Waals surface area contributed by atoms with Crippen LogP contribution in [0.15, 0.2) is 33.5 Å². The smallest absolute Gasteiger partial charge is 0.336 e. The predicted molar refractivity (Wildman–Crippen MR) is 51.9 cm³/mol. The van der Waals surface area contributed by atoms with Gasteiger partial charge in [-0.15, -0.1) is 0 Å². The van der Waals surface area contributed by atoms with Gasteiger partial charge < -0.3 is 4.42 Å². The van der Waals surface area contributed by atoms with Crippen LogP contribution in [-0.2, 0) is 0 Å². The van der Waals surface area contributed by atoms with Crippen LogP contribution in [0, 0.1) is 18.3 Å². The number of nitriles is 1. The second-order valence-corrected chi connectivity index (χ2v) is 3.07. The van der Waals surface area contributed by atoms with Crippen molar-refractivity contribution in [2.75, 3.05) is 0 Å². The third kappa shape index (κ3) is 1.27. The Balaban J connectivity index is 2.90. The highest BCUT2D eigenvalue weighted by molar-refractivity contribution is 5.81. The van der Waals surface area contributed by atoms with Crippen molar-refractivity contribution in [3.8, 4) is 6.07 Å². The van der Waals surface area contributed by atoms with Gasteiger partial charge in [0, 0.05) is 11.5 Å². The first-order chi connectivity index (χ1) is 6.70. The lowest BCUT2D eigenvalue weighted by Gasteiger charge is -1.99. The first-order valence-electron chi connectivity index (χ1n) is 4.15. The molecule has 1 aromatic heterocycles. The van der Waals surface area contributed by atoms with E-state index < -0.39 is 0 Å². The van der Waals surface area contributed by atoms with Crippen molar-refractivity contribution >= 4 is 11.0 Å². The zero-order chi connectivity index (χ0) is 10.1. The maximum Gasteiger partial charge on any atom is 0.336 e. The number of nitrogens with zero attached hydrogens (tertiary/aromatic N) is 1. The zero-order valence-corrected chi connectivity index (χ0v) is 7.57. The molecule has 68 valence electrons. The highest BCUT2D eigenvalue weighted by Crippen LogP contribution is 2.17. The fraction of sp³-hybridized carbons (Fsp3) is 0.0909. The molecule has 0 aliphatic heterocycles. The Morgan fingerprint density at radius 3 is 2.86 bits per heavy atom. The Labute approximate surface area is 80.2 Å². The third-order valence-corrected chi connectivity index (χ3v) is 2.08. The van der Waals surface area contributed by atoms with Gasteiger partial charge in [-0.3, -0.25) is 0 Å². The van der Waals surface area contributed by atoms with E-state index in [1.54, 1.807) is 18.2 Å². The fourth-order valence-corrected chi connectivity index (χ4v) is 1.39. The summed E-state index contributed by atoms with van der Waals surface area (Å²) in [6.45, 7) is 1.84. The van der Waals surface area contributed by atoms with Crippen molar-refractivity contribution in [1.29, 1.82) is 5.26 Å². The molecular formula is C11H7NO2. The van der Waals surface area contributed by atoms with E-state index >= 15 is 0 Å². The van der Waals surface area contributed by atoms with Gasteiger partial charge in [0.1, 0.15) is 5.58 Å². The molecule has 0 unspecified atom stereocenters. The van der Waals surface area contributed by atoms with E-state index in [9.17, 15) is 4.79 Å². The van der Waals surface area contributed by atoms with Crippen LogP contribution in [0.1, 0.15) is 11.1 Å². The number of hydrogen-bond donors (Lipinski definition) is 0. The molecule has 0 atom stereocenters. The molecule has 14 heavy (non-hydrogen) atoms. The SMILES string of the molecule is Cc1cc(=O)oc2cc(C#N)ccc12. The Morgan fingerprint density at radius 1 is 1.36 bits per heavy atom. The van der Waals surface area contributed by atoms with Crippen molar-refractivity contribution < 1.29 is 4.42 Å². The van der Waals surface area contributed by atoms with Crippen LogP contribution in [0.3, 0.4) is 0 Å². The van der Waals surface area contributed by atoms with E-state index in [1.165, 1.54) is 6.07 Å². The molecule has 0 radical (unpaired) electrons. The predicted octanol–water partition coefficient (Wildman–Crippen LogP) is 1.97. The van der Waals surface area contributed by atoms with E-state index in [1.807, 2.05) is 13.0 Å². The first kappa shape index (κ1) is 8.52. The first-order valence-corrected chi connectivity index (χ1v) is 4.15. The van der Waals surface area contributed by atoms with Crippen molar-refractivity contribution in [1.82, 2.24) is 0 Å². The van der Waals surface area contributed by atoms with Gasteiger partial charge >= 0.3 is 5.63 Å². The molecule has 0 N–H and O–H groups in total. The Bertz CT molecular complexity index is 590.